The van der Waals surface area contributed by atoms with Crippen LogP contribution in [0.15, 0.2) is 5.16 Å². The van der Waals surface area contributed by atoms with Gasteiger partial charge >= 0.3 is 11.9 Å². The number of hydrogen-bond acceptors (Lipinski definition) is 6. The van der Waals surface area contributed by atoms with Crippen LogP contribution in [0.25, 0.3) is 0 Å². The Bertz CT molecular complexity index is 477. The molecule has 0 saturated carbocycles. The van der Waals surface area contributed by atoms with Crippen molar-refractivity contribution in [1.29, 1.82) is 0 Å². The van der Waals surface area contributed by atoms with E-state index in [-0.39, 0.29) is 17.4 Å². The van der Waals surface area contributed by atoms with Gasteiger partial charge in [0.2, 0.25) is 0 Å². The molecule has 126 valence electrons. The van der Waals surface area contributed by atoms with Crippen molar-refractivity contribution in [3.63, 3.8) is 0 Å². The molecule has 22 heavy (non-hydrogen) atoms. The summed E-state index contributed by atoms with van der Waals surface area (Å²) in [6, 6.07) is 0. The third-order valence-corrected chi connectivity index (χ3v) is 4.94. The summed E-state index contributed by atoms with van der Waals surface area (Å²) in [6.45, 7) is 13.0. The first-order chi connectivity index (χ1) is 10.1. The molecule has 1 aliphatic rings. The van der Waals surface area contributed by atoms with Gasteiger partial charge in [0.05, 0.1) is 16.8 Å². The van der Waals surface area contributed by atoms with Gasteiger partial charge in [0.15, 0.2) is 0 Å². The van der Waals surface area contributed by atoms with Crippen molar-refractivity contribution >= 4 is 17.7 Å². The summed E-state index contributed by atoms with van der Waals surface area (Å²) in [5.74, 6) is -0.763. The number of carbonyl (C=O) groups excluding carboxylic acids is 2. The van der Waals surface area contributed by atoms with Crippen molar-refractivity contribution in [2.45, 2.75) is 78.8 Å². The zero-order valence-electron chi connectivity index (χ0n) is 14.7. The molecule has 3 unspecified atom stereocenters. The lowest BCUT2D eigenvalue weighted by Crippen LogP contribution is -2.66. The van der Waals surface area contributed by atoms with Crippen LogP contribution in [0, 0.1) is 5.92 Å². The largest absolute Gasteiger partial charge is 0.367 e. The summed E-state index contributed by atoms with van der Waals surface area (Å²) < 4.78 is 0. The zero-order valence-corrected chi connectivity index (χ0v) is 14.7. The lowest BCUT2D eigenvalue weighted by molar-refractivity contribution is -0.269. The van der Waals surface area contributed by atoms with Gasteiger partial charge in [-0.2, -0.15) is 0 Å². The number of piperidine rings is 1. The van der Waals surface area contributed by atoms with Crippen LogP contribution >= 0.6 is 0 Å². The number of nitrogens with zero attached hydrogens (tertiary/aromatic N) is 2. The Morgan fingerprint density at radius 3 is 2.23 bits per heavy atom. The van der Waals surface area contributed by atoms with Gasteiger partial charge in [-0.15, -0.1) is 5.06 Å². The van der Waals surface area contributed by atoms with Crippen LogP contribution in [0.3, 0.4) is 0 Å². The van der Waals surface area contributed by atoms with Crippen LogP contribution < -0.4 is 0 Å². The fraction of sp³-hybridized carbons (Fsp3) is 0.812. The Hall–Kier alpha value is -1.43. The maximum absolute atomic E-state index is 11.6. The second kappa shape index (κ2) is 6.77. The predicted octanol–water partition coefficient (Wildman–Crippen LogP) is 3.06. The lowest BCUT2D eigenvalue weighted by Gasteiger charge is -2.55. The minimum absolute atomic E-state index is 0.00387. The van der Waals surface area contributed by atoms with Gasteiger partial charge in [0, 0.05) is 26.2 Å². The van der Waals surface area contributed by atoms with Crippen LogP contribution in [0.5, 0.6) is 0 Å². The minimum Gasteiger partial charge on any atom is -0.367 e. The highest BCUT2D eigenvalue weighted by molar-refractivity contribution is 5.89. The molecule has 1 heterocycles. The van der Waals surface area contributed by atoms with Crippen molar-refractivity contribution < 1.29 is 19.3 Å². The third-order valence-electron chi connectivity index (χ3n) is 4.94. The molecule has 0 aromatic heterocycles. The van der Waals surface area contributed by atoms with Gasteiger partial charge in [-0.3, -0.25) is 4.79 Å². The number of oxime groups is 1. The molecule has 1 saturated heterocycles. The first-order valence-corrected chi connectivity index (χ1v) is 7.84. The van der Waals surface area contributed by atoms with E-state index in [1.54, 1.807) is 0 Å². The smallest absolute Gasteiger partial charge is 0.331 e. The van der Waals surface area contributed by atoms with Crippen molar-refractivity contribution in [2.24, 2.45) is 11.1 Å². The monoisotopic (exact) mass is 312 g/mol. The van der Waals surface area contributed by atoms with E-state index in [1.165, 1.54) is 13.8 Å². The van der Waals surface area contributed by atoms with Gasteiger partial charge in [0.1, 0.15) is 0 Å². The molecule has 0 aromatic rings. The molecule has 0 radical (unpaired) electrons. The van der Waals surface area contributed by atoms with E-state index in [1.807, 2.05) is 25.8 Å². The Morgan fingerprint density at radius 2 is 1.82 bits per heavy atom. The van der Waals surface area contributed by atoms with Crippen LogP contribution in [0.2, 0.25) is 0 Å². The predicted molar refractivity (Wildman–Crippen MR) is 84.0 cm³/mol. The van der Waals surface area contributed by atoms with E-state index in [0.717, 1.165) is 18.6 Å². The molecule has 0 aromatic carbocycles. The second-order valence-electron chi connectivity index (χ2n) is 6.50. The molecule has 0 bridgehead atoms. The van der Waals surface area contributed by atoms with Gasteiger partial charge in [-0.05, 0) is 26.7 Å². The third kappa shape index (κ3) is 3.48. The number of rotatable bonds is 4. The molecule has 1 fully saturated rings. The highest BCUT2D eigenvalue weighted by atomic mass is 16.7. The van der Waals surface area contributed by atoms with Gasteiger partial charge < -0.3 is 9.68 Å². The highest BCUT2D eigenvalue weighted by Gasteiger charge is 2.54. The summed E-state index contributed by atoms with van der Waals surface area (Å²) in [4.78, 5) is 33.1. The summed E-state index contributed by atoms with van der Waals surface area (Å²) in [7, 11) is 0. The molecule has 6 nitrogen and oxygen atoms in total. The van der Waals surface area contributed by atoms with Crippen LogP contribution in [0.1, 0.15) is 67.7 Å². The van der Waals surface area contributed by atoms with Crippen LogP contribution in [-0.4, -0.2) is 33.8 Å². The molecule has 0 amide bonds. The standard InChI is InChI=1S/C16H28N2O4/c1-8-15(6)10-14(17-21-12(4)19)11(3)16(7,9-2)18(15)22-13(5)20/h11H,8-10H2,1-7H3/b17-14-. The average molecular weight is 312 g/mol. The first kappa shape index (κ1) is 18.6. The molecular formula is C16H28N2O4. The number of hydroxylamine groups is 2. The average Bonchev–Trinajstić information content (AvgIpc) is 2.45. The van der Waals surface area contributed by atoms with E-state index in [2.05, 4.69) is 19.0 Å². The summed E-state index contributed by atoms with van der Waals surface area (Å²) in [5.41, 5.74) is 0.0302. The highest BCUT2D eigenvalue weighted by Crippen LogP contribution is 2.44. The SMILES string of the molecule is CCC1(C)C/C(=N/OC(C)=O)C(C)C(C)(CC)N1OC(C)=O. The van der Waals surface area contributed by atoms with E-state index >= 15 is 0 Å². The fourth-order valence-electron chi connectivity index (χ4n) is 3.06. The second-order valence-corrected chi connectivity index (χ2v) is 6.50. The normalized spacial score (nSPS) is 34.5. The molecule has 1 aliphatic heterocycles. The Labute approximate surface area is 132 Å². The quantitative estimate of drug-likeness (QED) is 0.589. The van der Waals surface area contributed by atoms with Crippen molar-refractivity contribution in [3.05, 3.63) is 0 Å². The Morgan fingerprint density at radius 1 is 1.23 bits per heavy atom. The van der Waals surface area contributed by atoms with E-state index in [9.17, 15) is 9.59 Å². The molecular weight excluding hydrogens is 284 g/mol. The van der Waals surface area contributed by atoms with Crippen LogP contribution in [-0.2, 0) is 19.3 Å². The van der Waals surface area contributed by atoms with E-state index < -0.39 is 11.5 Å². The summed E-state index contributed by atoms with van der Waals surface area (Å²) >= 11 is 0. The molecule has 0 N–H and O–H groups in total. The van der Waals surface area contributed by atoms with Gasteiger partial charge in [0.25, 0.3) is 0 Å². The molecule has 0 aliphatic carbocycles. The molecule has 6 heteroatoms. The fourth-order valence-corrected chi connectivity index (χ4v) is 3.06. The van der Waals surface area contributed by atoms with Crippen molar-refractivity contribution in [1.82, 2.24) is 5.06 Å². The van der Waals surface area contributed by atoms with Gasteiger partial charge in [-0.25, -0.2) is 4.79 Å². The summed E-state index contributed by atoms with van der Waals surface area (Å²) in [6.07, 6.45) is 2.14. The number of hydrogen-bond donors (Lipinski definition) is 0. The number of carbonyl (C=O) groups is 2. The maximum Gasteiger partial charge on any atom is 0.331 e. The Kier molecular flexibility index (Phi) is 5.73. The van der Waals surface area contributed by atoms with Gasteiger partial charge in [-0.1, -0.05) is 25.9 Å². The Balaban J connectivity index is 3.29. The molecule has 1 rings (SSSR count). The van der Waals surface area contributed by atoms with Crippen LogP contribution in [0.4, 0.5) is 0 Å². The van der Waals surface area contributed by atoms with E-state index in [0.29, 0.717) is 6.42 Å². The van der Waals surface area contributed by atoms with Crippen molar-refractivity contribution in [2.75, 3.05) is 0 Å². The maximum atomic E-state index is 11.6. The molecule has 0 spiro atoms. The van der Waals surface area contributed by atoms with Crippen molar-refractivity contribution in [3.8, 4) is 0 Å². The zero-order chi connectivity index (χ0) is 17.1. The summed E-state index contributed by atoms with van der Waals surface area (Å²) in [5, 5.41) is 5.90. The first-order valence-electron chi connectivity index (χ1n) is 7.84. The minimum atomic E-state index is -0.432. The lowest BCUT2D eigenvalue weighted by atomic mass is 9.70. The van der Waals surface area contributed by atoms with E-state index in [4.69, 9.17) is 9.68 Å². The topological polar surface area (TPSA) is 68.2 Å². The molecule has 3 atom stereocenters.